The lowest BCUT2D eigenvalue weighted by molar-refractivity contribution is -0.384. The second-order valence-electron chi connectivity index (χ2n) is 2.92. The smallest absolute Gasteiger partial charge is 0.269 e. The first-order chi connectivity index (χ1) is 6.77. The SMILES string of the molecule is O=[N+]([O-])c1ccc(C2=CNCN2)cc1. The molecule has 5 heteroatoms. The molecular weight excluding hydrogens is 182 g/mol. The van der Waals surface area contributed by atoms with Gasteiger partial charge in [0.2, 0.25) is 0 Å². The van der Waals surface area contributed by atoms with Crippen LogP contribution in [0.4, 0.5) is 5.69 Å². The van der Waals surface area contributed by atoms with Gasteiger partial charge in [-0.2, -0.15) is 0 Å². The summed E-state index contributed by atoms with van der Waals surface area (Å²) in [4.78, 5) is 9.99. The minimum atomic E-state index is -0.404. The second-order valence-corrected chi connectivity index (χ2v) is 2.92. The zero-order valence-corrected chi connectivity index (χ0v) is 7.36. The van der Waals surface area contributed by atoms with Crippen molar-refractivity contribution in [1.29, 1.82) is 0 Å². The first-order valence-corrected chi connectivity index (χ1v) is 4.19. The number of rotatable bonds is 2. The molecule has 1 aliphatic rings. The van der Waals surface area contributed by atoms with Crippen molar-refractivity contribution in [3.8, 4) is 0 Å². The van der Waals surface area contributed by atoms with Crippen LogP contribution in [0.2, 0.25) is 0 Å². The van der Waals surface area contributed by atoms with Gasteiger partial charge in [-0.25, -0.2) is 0 Å². The average molecular weight is 191 g/mol. The quantitative estimate of drug-likeness (QED) is 0.541. The number of nitrogens with zero attached hydrogens (tertiary/aromatic N) is 1. The van der Waals surface area contributed by atoms with Gasteiger partial charge in [0.1, 0.15) is 0 Å². The van der Waals surface area contributed by atoms with Crippen molar-refractivity contribution in [2.24, 2.45) is 0 Å². The molecule has 0 fully saturated rings. The molecule has 0 atom stereocenters. The Kier molecular flexibility index (Phi) is 2.06. The summed E-state index contributed by atoms with van der Waals surface area (Å²) in [6.45, 7) is 0.701. The molecule has 0 unspecified atom stereocenters. The molecule has 0 spiro atoms. The zero-order chi connectivity index (χ0) is 9.97. The van der Waals surface area contributed by atoms with E-state index in [1.54, 1.807) is 12.1 Å². The van der Waals surface area contributed by atoms with E-state index < -0.39 is 4.92 Å². The van der Waals surface area contributed by atoms with Crippen LogP contribution >= 0.6 is 0 Å². The zero-order valence-electron chi connectivity index (χ0n) is 7.36. The number of nitro benzene ring substituents is 1. The predicted octanol–water partition coefficient (Wildman–Crippen LogP) is 1.04. The topological polar surface area (TPSA) is 67.2 Å². The van der Waals surface area contributed by atoms with Crippen LogP contribution in [-0.4, -0.2) is 11.6 Å². The molecule has 0 aliphatic carbocycles. The van der Waals surface area contributed by atoms with Crippen molar-refractivity contribution >= 4 is 11.4 Å². The summed E-state index contributed by atoms with van der Waals surface area (Å²) in [5.41, 5.74) is 2.01. The first-order valence-electron chi connectivity index (χ1n) is 4.19. The summed E-state index contributed by atoms with van der Waals surface area (Å²) < 4.78 is 0. The van der Waals surface area contributed by atoms with E-state index in [1.807, 2.05) is 6.20 Å². The van der Waals surface area contributed by atoms with Crippen molar-refractivity contribution in [2.75, 3.05) is 6.67 Å². The average Bonchev–Trinajstić information content (AvgIpc) is 2.71. The van der Waals surface area contributed by atoms with Gasteiger partial charge in [-0.15, -0.1) is 0 Å². The van der Waals surface area contributed by atoms with Crippen LogP contribution < -0.4 is 10.6 Å². The summed E-state index contributed by atoms with van der Waals surface area (Å²) in [6.07, 6.45) is 1.85. The van der Waals surface area contributed by atoms with E-state index in [4.69, 9.17) is 0 Å². The van der Waals surface area contributed by atoms with Gasteiger partial charge in [0, 0.05) is 18.3 Å². The summed E-state index contributed by atoms with van der Waals surface area (Å²) in [6, 6.07) is 6.44. The number of nitrogens with one attached hydrogen (secondary N) is 2. The summed E-state index contributed by atoms with van der Waals surface area (Å²) >= 11 is 0. The molecule has 1 heterocycles. The van der Waals surface area contributed by atoms with E-state index in [0.29, 0.717) is 6.67 Å². The molecule has 0 bridgehead atoms. The van der Waals surface area contributed by atoms with E-state index in [0.717, 1.165) is 11.3 Å². The molecule has 1 aromatic carbocycles. The highest BCUT2D eigenvalue weighted by molar-refractivity contribution is 5.65. The van der Waals surface area contributed by atoms with Crippen LogP contribution in [0.25, 0.3) is 5.70 Å². The van der Waals surface area contributed by atoms with Crippen molar-refractivity contribution < 1.29 is 4.92 Å². The summed E-state index contributed by atoms with van der Waals surface area (Å²) in [7, 11) is 0. The maximum atomic E-state index is 10.4. The third-order valence-corrected chi connectivity index (χ3v) is 2.02. The van der Waals surface area contributed by atoms with E-state index in [2.05, 4.69) is 10.6 Å². The minimum absolute atomic E-state index is 0.111. The highest BCUT2D eigenvalue weighted by Crippen LogP contribution is 2.17. The van der Waals surface area contributed by atoms with E-state index >= 15 is 0 Å². The number of hydrogen-bond donors (Lipinski definition) is 2. The molecule has 1 aliphatic heterocycles. The lowest BCUT2D eigenvalue weighted by Gasteiger charge is -2.01. The largest absolute Gasteiger partial charge is 0.372 e. The van der Waals surface area contributed by atoms with Gasteiger partial charge in [0.15, 0.2) is 0 Å². The lowest BCUT2D eigenvalue weighted by Crippen LogP contribution is -2.13. The number of nitro groups is 1. The van der Waals surface area contributed by atoms with Gasteiger partial charge in [-0.05, 0) is 17.7 Å². The molecular formula is C9H9N3O2. The van der Waals surface area contributed by atoms with E-state index in [1.165, 1.54) is 12.1 Å². The molecule has 2 N–H and O–H groups in total. The van der Waals surface area contributed by atoms with Gasteiger partial charge in [-0.1, -0.05) is 0 Å². The Morgan fingerprint density at radius 1 is 1.29 bits per heavy atom. The lowest BCUT2D eigenvalue weighted by atomic mass is 10.1. The number of benzene rings is 1. The van der Waals surface area contributed by atoms with Crippen LogP contribution in [0.15, 0.2) is 30.5 Å². The molecule has 0 saturated heterocycles. The highest BCUT2D eigenvalue weighted by Gasteiger charge is 2.08. The molecule has 1 aromatic rings. The van der Waals surface area contributed by atoms with E-state index in [9.17, 15) is 10.1 Å². The Morgan fingerprint density at radius 3 is 2.50 bits per heavy atom. The molecule has 14 heavy (non-hydrogen) atoms. The van der Waals surface area contributed by atoms with Crippen LogP contribution in [-0.2, 0) is 0 Å². The minimum Gasteiger partial charge on any atom is -0.372 e. The fourth-order valence-corrected chi connectivity index (χ4v) is 1.30. The molecule has 5 nitrogen and oxygen atoms in total. The molecule has 0 aromatic heterocycles. The van der Waals surface area contributed by atoms with Crippen LogP contribution in [0.1, 0.15) is 5.56 Å². The van der Waals surface area contributed by atoms with Crippen LogP contribution in [0.5, 0.6) is 0 Å². The van der Waals surface area contributed by atoms with Crippen molar-refractivity contribution in [3.63, 3.8) is 0 Å². The second kappa shape index (κ2) is 3.37. The maximum absolute atomic E-state index is 10.4. The Bertz CT molecular complexity index is 384. The van der Waals surface area contributed by atoms with Gasteiger partial charge in [0.25, 0.3) is 5.69 Å². The van der Waals surface area contributed by atoms with Gasteiger partial charge < -0.3 is 10.6 Å². The fraction of sp³-hybridized carbons (Fsp3) is 0.111. The predicted molar refractivity (Wildman–Crippen MR) is 52.2 cm³/mol. The van der Waals surface area contributed by atoms with E-state index in [-0.39, 0.29) is 5.69 Å². The molecule has 0 saturated carbocycles. The Labute approximate surface area is 80.6 Å². The number of non-ortho nitro benzene ring substituents is 1. The Hall–Kier alpha value is -2.04. The molecule has 0 radical (unpaired) electrons. The summed E-state index contributed by atoms with van der Waals surface area (Å²) in [5.74, 6) is 0. The third kappa shape index (κ3) is 1.52. The fourth-order valence-electron chi connectivity index (χ4n) is 1.30. The van der Waals surface area contributed by atoms with Crippen molar-refractivity contribution in [3.05, 3.63) is 46.1 Å². The van der Waals surface area contributed by atoms with Gasteiger partial charge >= 0.3 is 0 Å². The highest BCUT2D eigenvalue weighted by atomic mass is 16.6. The molecule has 0 amide bonds. The van der Waals surface area contributed by atoms with Crippen LogP contribution in [0, 0.1) is 10.1 Å². The van der Waals surface area contributed by atoms with Crippen molar-refractivity contribution in [2.45, 2.75) is 0 Å². The third-order valence-electron chi connectivity index (χ3n) is 2.02. The van der Waals surface area contributed by atoms with Gasteiger partial charge in [0.05, 0.1) is 17.3 Å². The Balaban J connectivity index is 2.25. The normalized spacial score (nSPS) is 14.1. The summed E-state index contributed by atoms with van der Waals surface area (Å²) in [5, 5.41) is 16.5. The first kappa shape index (κ1) is 8.55. The molecule has 2 rings (SSSR count). The van der Waals surface area contributed by atoms with Crippen LogP contribution in [0.3, 0.4) is 0 Å². The van der Waals surface area contributed by atoms with Crippen molar-refractivity contribution in [1.82, 2.24) is 10.6 Å². The maximum Gasteiger partial charge on any atom is 0.269 e. The Morgan fingerprint density at radius 2 is 2.00 bits per heavy atom. The number of hydrogen-bond acceptors (Lipinski definition) is 4. The monoisotopic (exact) mass is 191 g/mol. The van der Waals surface area contributed by atoms with Gasteiger partial charge in [-0.3, -0.25) is 10.1 Å². The standard InChI is InChI=1S/C9H9N3O2/c13-12(14)8-3-1-7(2-4-8)9-5-10-6-11-9/h1-5,10-11H,6H2. The molecule has 72 valence electrons.